The summed E-state index contributed by atoms with van der Waals surface area (Å²) in [5.41, 5.74) is 7.03. The van der Waals surface area contributed by atoms with Crippen molar-refractivity contribution in [3.8, 4) is 0 Å². The standard InChI is InChI=1S/C13H16N4O2/c1-8-10-4-5-11(18)17(9-3-2-6-19-7-9)12(10)16-13(14)15-8/h4-5,9H,2-3,6-7H2,1H3,(H2,14,15,16). The number of aryl methyl sites for hydroxylation is 1. The Hall–Kier alpha value is -1.95. The van der Waals surface area contributed by atoms with Gasteiger partial charge >= 0.3 is 0 Å². The molecule has 1 aliphatic heterocycles. The number of hydrogen-bond donors (Lipinski definition) is 1. The molecule has 1 saturated heterocycles. The number of nitrogen functional groups attached to an aromatic ring is 1. The minimum absolute atomic E-state index is 0.0265. The fourth-order valence-corrected chi connectivity index (χ4v) is 2.59. The first-order chi connectivity index (χ1) is 9.16. The third kappa shape index (κ3) is 2.08. The maximum atomic E-state index is 12.2. The Labute approximate surface area is 110 Å². The molecule has 0 saturated carbocycles. The Morgan fingerprint density at radius 1 is 1.42 bits per heavy atom. The van der Waals surface area contributed by atoms with Crippen molar-refractivity contribution in [1.82, 2.24) is 14.5 Å². The van der Waals surface area contributed by atoms with Crippen LogP contribution < -0.4 is 11.3 Å². The van der Waals surface area contributed by atoms with Gasteiger partial charge in [0.2, 0.25) is 5.95 Å². The van der Waals surface area contributed by atoms with Crippen molar-refractivity contribution in [1.29, 1.82) is 0 Å². The first-order valence-corrected chi connectivity index (χ1v) is 6.40. The zero-order valence-corrected chi connectivity index (χ0v) is 10.8. The molecule has 2 aromatic heterocycles. The number of hydrogen-bond acceptors (Lipinski definition) is 5. The normalized spacial score (nSPS) is 19.7. The van der Waals surface area contributed by atoms with Crippen molar-refractivity contribution in [2.75, 3.05) is 18.9 Å². The van der Waals surface area contributed by atoms with Gasteiger partial charge in [0.15, 0.2) is 0 Å². The second-order valence-corrected chi connectivity index (χ2v) is 4.82. The molecule has 0 radical (unpaired) electrons. The van der Waals surface area contributed by atoms with Gasteiger partial charge < -0.3 is 10.5 Å². The fraction of sp³-hybridized carbons (Fsp3) is 0.462. The summed E-state index contributed by atoms with van der Waals surface area (Å²) < 4.78 is 7.16. The predicted molar refractivity (Wildman–Crippen MR) is 72.0 cm³/mol. The molecule has 1 unspecified atom stereocenters. The highest BCUT2D eigenvalue weighted by Crippen LogP contribution is 2.23. The van der Waals surface area contributed by atoms with E-state index in [4.69, 9.17) is 10.5 Å². The molecule has 1 fully saturated rings. The molecule has 100 valence electrons. The summed E-state index contributed by atoms with van der Waals surface area (Å²) in [7, 11) is 0. The highest BCUT2D eigenvalue weighted by Gasteiger charge is 2.20. The number of fused-ring (bicyclic) bond motifs is 1. The van der Waals surface area contributed by atoms with Crippen LogP contribution in [0.5, 0.6) is 0 Å². The lowest BCUT2D eigenvalue weighted by atomic mass is 10.1. The molecule has 3 heterocycles. The van der Waals surface area contributed by atoms with Crippen molar-refractivity contribution >= 4 is 17.0 Å². The summed E-state index contributed by atoms with van der Waals surface area (Å²) in [4.78, 5) is 20.5. The monoisotopic (exact) mass is 260 g/mol. The number of nitrogens with zero attached hydrogens (tertiary/aromatic N) is 3. The number of ether oxygens (including phenoxy) is 1. The van der Waals surface area contributed by atoms with Crippen LogP contribution >= 0.6 is 0 Å². The van der Waals surface area contributed by atoms with Crippen molar-refractivity contribution in [2.24, 2.45) is 0 Å². The van der Waals surface area contributed by atoms with Crippen LogP contribution in [0.2, 0.25) is 0 Å². The van der Waals surface area contributed by atoms with Crippen molar-refractivity contribution in [3.05, 3.63) is 28.2 Å². The van der Waals surface area contributed by atoms with Gasteiger partial charge in [0.1, 0.15) is 5.65 Å². The van der Waals surface area contributed by atoms with Gasteiger partial charge in [-0.3, -0.25) is 9.36 Å². The highest BCUT2D eigenvalue weighted by atomic mass is 16.5. The minimum atomic E-state index is -0.0690. The topological polar surface area (TPSA) is 83.0 Å². The van der Waals surface area contributed by atoms with Gasteiger partial charge in [0, 0.05) is 18.1 Å². The zero-order valence-electron chi connectivity index (χ0n) is 10.8. The highest BCUT2D eigenvalue weighted by molar-refractivity contribution is 5.78. The van der Waals surface area contributed by atoms with E-state index in [2.05, 4.69) is 9.97 Å². The summed E-state index contributed by atoms with van der Waals surface area (Å²) in [5, 5.41) is 0.861. The Bertz CT molecular complexity index is 674. The second-order valence-electron chi connectivity index (χ2n) is 4.82. The Morgan fingerprint density at radius 2 is 2.26 bits per heavy atom. The van der Waals surface area contributed by atoms with Gasteiger partial charge in [-0.05, 0) is 25.8 Å². The summed E-state index contributed by atoms with van der Waals surface area (Å²) in [6, 6.07) is 3.34. The predicted octanol–water partition coefficient (Wildman–Crippen LogP) is 1.03. The van der Waals surface area contributed by atoms with Gasteiger partial charge in [-0.1, -0.05) is 0 Å². The Balaban J connectivity index is 2.26. The molecular formula is C13H16N4O2. The van der Waals surface area contributed by atoms with Crippen LogP contribution in [0, 0.1) is 6.92 Å². The van der Waals surface area contributed by atoms with Crippen LogP contribution in [0.25, 0.3) is 11.0 Å². The van der Waals surface area contributed by atoms with Crippen LogP contribution in [0.3, 0.4) is 0 Å². The lowest BCUT2D eigenvalue weighted by Gasteiger charge is -2.25. The lowest BCUT2D eigenvalue weighted by molar-refractivity contribution is 0.0593. The number of pyridine rings is 1. The number of rotatable bonds is 1. The van der Waals surface area contributed by atoms with E-state index < -0.39 is 0 Å². The molecular weight excluding hydrogens is 244 g/mol. The maximum absolute atomic E-state index is 12.2. The van der Waals surface area contributed by atoms with E-state index in [1.807, 2.05) is 6.92 Å². The third-order valence-corrected chi connectivity index (χ3v) is 3.49. The van der Waals surface area contributed by atoms with E-state index in [1.54, 1.807) is 16.7 Å². The Morgan fingerprint density at radius 3 is 3.00 bits per heavy atom. The molecule has 0 bridgehead atoms. The van der Waals surface area contributed by atoms with Gasteiger partial charge in [-0.25, -0.2) is 4.98 Å². The minimum Gasteiger partial charge on any atom is -0.379 e. The van der Waals surface area contributed by atoms with Crippen LogP contribution in [-0.4, -0.2) is 27.7 Å². The quantitative estimate of drug-likeness (QED) is 0.828. The van der Waals surface area contributed by atoms with Crippen molar-refractivity contribution in [3.63, 3.8) is 0 Å². The van der Waals surface area contributed by atoms with E-state index in [-0.39, 0.29) is 17.5 Å². The summed E-state index contributed by atoms with van der Waals surface area (Å²) in [5.74, 6) is 0.195. The van der Waals surface area contributed by atoms with Crippen molar-refractivity contribution < 1.29 is 4.74 Å². The molecule has 0 spiro atoms. The molecule has 3 rings (SSSR count). The smallest absolute Gasteiger partial charge is 0.252 e. The molecule has 0 amide bonds. The third-order valence-electron chi connectivity index (χ3n) is 3.49. The summed E-state index contributed by atoms with van der Waals surface area (Å²) >= 11 is 0. The molecule has 1 atom stereocenters. The van der Waals surface area contributed by atoms with Crippen LogP contribution in [-0.2, 0) is 4.74 Å². The van der Waals surface area contributed by atoms with Crippen molar-refractivity contribution in [2.45, 2.75) is 25.8 Å². The van der Waals surface area contributed by atoms with E-state index >= 15 is 0 Å². The molecule has 2 aromatic rings. The molecule has 2 N–H and O–H groups in total. The first-order valence-electron chi connectivity index (χ1n) is 6.40. The first kappa shape index (κ1) is 12.1. The average molecular weight is 260 g/mol. The van der Waals surface area contributed by atoms with Crippen LogP contribution in [0.1, 0.15) is 24.6 Å². The van der Waals surface area contributed by atoms with Crippen LogP contribution in [0.15, 0.2) is 16.9 Å². The van der Waals surface area contributed by atoms with E-state index in [0.717, 1.165) is 30.5 Å². The number of aromatic nitrogens is 3. The maximum Gasteiger partial charge on any atom is 0.252 e. The van der Waals surface area contributed by atoms with Gasteiger partial charge in [0.05, 0.1) is 18.3 Å². The molecule has 19 heavy (non-hydrogen) atoms. The average Bonchev–Trinajstić information content (AvgIpc) is 2.39. The molecule has 6 nitrogen and oxygen atoms in total. The summed E-state index contributed by atoms with van der Waals surface area (Å²) in [6.07, 6.45) is 1.87. The number of nitrogens with two attached hydrogens (primary N) is 1. The molecule has 1 aliphatic rings. The van der Waals surface area contributed by atoms with E-state index in [1.165, 1.54) is 0 Å². The molecule has 0 aromatic carbocycles. The Kier molecular flexibility index (Phi) is 2.94. The van der Waals surface area contributed by atoms with Gasteiger partial charge in [-0.2, -0.15) is 4.98 Å². The van der Waals surface area contributed by atoms with E-state index in [0.29, 0.717) is 12.3 Å². The van der Waals surface area contributed by atoms with E-state index in [9.17, 15) is 4.79 Å². The molecule has 0 aliphatic carbocycles. The fourth-order valence-electron chi connectivity index (χ4n) is 2.59. The van der Waals surface area contributed by atoms with Crippen LogP contribution in [0.4, 0.5) is 5.95 Å². The lowest BCUT2D eigenvalue weighted by Crippen LogP contribution is -2.31. The second kappa shape index (κ2) is 4.62. The summed E-state index contributed by atoms with van der Waals surface area (Å²) in [6.45, 7) is 3.17. The SMILES string of the molecule is Cc1nc(N)nc2c1ccc(=O)n2C1CCCOC1. The van der Waals surface area contributed by atoms with Gasteiger partial charge in [-0.15, -0.1) is 0 Å². The number of anilines is 1. The largest absolute Gasteiger partial charge is 0.379 e. The van der Waals surface area contributed by atoms with Gasteiger partial charge in [0.25, 0.3) is 5.56 Å². The zero-order chi connectivity index (χ0) is 13.4. The molecule has 6 heteroatoms.